The van der Waals surface area contributed by atoms with Crippen LogP contribution in [0.3, 0.4) is 0 Å². The summed E-state index contributed by atoms with van der Waals surface area (Å²) in [6, 6.07) is 9.07. The van der Waals surface area contributed by atoms with Crippen LogP contribution in [0.4, 0.5) is 5.69 Å². The number of carbonyl (C=O) groups is 2. The van der Waals surface area contributed by atoms with Crippen molar-refractivity contribution in [2.45, 2.75) is 38.5 Å². The summed E-state index contributed by atoms with van der Waals surface area (Å²) in [5.74, 6) is 1.06. The maximum Gasteiger partial charge on any atom is 0.224 e. The number of rotatable bonds is 8. The fraction of sp³-hybridized carbons (Fsp3) is 0.435. The number of piperidine rings is 1. The maximum absolute atomic E-state index is 12.6. The number of anilines is 1. The molecule has 0 aliphatic carbocycles. The average molecular weight is 430 g/mol. The van der Waals surface area contributed by atoms with E-state index in [1.54, 1.807) is 37.7 Å². The Morgan fingerprint density at radius 2 is 2.17 bits per heavy atom. The van der Waals surface area contributed by atoms with E-state index >= 15 is 0 Å². The Balaban J connectivity index is 1.42. The van der Waals surface area contributed by atoms with Crippen molar-refractivity contribution in [3.8, 4) is 5.75 Å². The summed E-state index contributed by atoms with van der Waals surface area (Å²) < 4.78 is 5.12. The van der Waals surface area contributed by atoms with Crippen molar-refractivity contribution < 1.29 is 14.3 Å². The van der Waals surface area contributed by atoms with E-state index in [1.165, 1.54) is 0 Å². The Kier molecular flexibility index (Phi) is 8.08. The van der Waals surface area contributed by atoms with Gasteiger partial charge in [0.25, 0.3) is 0 Å². The first-order valence-corrected chi connectivity index (χ1v) is 10.7. The summed E-state index contributed by atoms with van der Waals surface area (Å²) in [4.78, 5) is 31.0. The monoisotopic (exact) mass is 429 g/mol. The van der Waals surface area contributed by atoms with Crippen LogP contribution in [-0.4, -0.2) is 41.9 Å². The lowest BCUT2D eigenvalue weighted by molar-refractivity contribution is -0.133. The van der Waals surface area contributed by atoms with Gasteiger partial charge < -0.3 is 15.0 Å². The molecule has 0 unspecified atom stereocenters. The van der Waals surface area contributed by atoms with Gasteiger partial charge in [-0.3, -0.25) is 14.6 Å². The third-order valence-electron chi connectivity index (χ3n) is 5.44. The Hall–Kier alpha value is -2.60. The number of nitrogens with zero attached hydrogens (tertiary/aromatic N) is 2. The van der Waals surface area contributed by atoms with Gasteiger partial charge in [-0.05, 0) is 61.4 Å². The van der Waals surface area contributed by atoms with Crippen LogP contribution in [0, 0.1) is 5.92 Å². The molecule has 0 radical (unpaired) electrons. The number of likely N-dealkylation sites (tertiary alicyclic amines) is 1. The highest BCUT2D eigenvalue weighted by Gasteiger charge is 2.24. The molecule has 1 N–H and O–H groups in total. The van der Waals surface area contributed by atoms with Crippen molar-refractivity contribution in [1.82, 2.24) is 9.88 Å². The molecule has 0 spiro atoms. The molecule has 7 heteroatoms. The minimum absolute atomic E-state index is 0.0451. The molecule has 1 fully saturated rings. The van der Waals surface area contributed by atoms with E-state index in [9.17, 15) is 9.59 Å². The number of aryl methyl sites for hydroxylation is 1. The van der Waals surface area contributed by atoms with Crippen LogP contribution in [0.15, 0.2) is 42.7 Å². The first-order valence-electron chi connectivity index (χ1n) is 10.3. The van der Waals surface area contributed by atoms with E-state index in [0.717, 1.165) is 37.9 Å². The lowest BCUT2D eigenvalue weighted by Gasteiger charge is -2.33. The fourth-order valence-electron chi connectivity index (χ4n) is 3.79. The van der Waals surface area contributed by atoms with Crippen LogP contribution in [-0.2, 0) is 16.0 Å². The molecule has 1 aliphatic heterocycles. The van der Waals surface area contributed by atoms with E-state index in [0.29, 0.717) is 41.6 Å². The van der Waals surface area contributed by atoms with Crippen LogP contribution in [0.5, 0.6) is 5.75 Å². The van der Waals surface area contributed by atoms with Gasteiger partial charge in [0.2, 0.25) is 11.8 Å². The number of hydrogen-bond donors (Lipinski definition) is 1. The molecule has 1 aromatic heterocycles. The standard InChI is InChI=1S/C23H28ClN3O3/c1-30-21-9-8-19(14-20(21)24)26-22(28)10-6-18-5-3-13-27(16-18)23(29)11-7-17-4-2-12-25-15-17/h2,4,8-9,12,14-15,18H,3,5-7,10-11,13,16H2,1H3,(H,26,28)/t18-/m0/s1. The highest BCUT2D eigenvalue weighted by Crippen LogP contribution is 2.27. The Bertz CT molecular complexity index is 860. The molecule has 0 saturated carbocycles. The number of benzene rings is 1. The van der Waals surface area contributed by atoms with Crippen molar-refractivity contribution in [1.29, 1.82) is 0 Å². The molecule has 160 valence electrons. The molecule has 2 heterocycles. The van der Waals surface area contributed by atoms with E-state index in [2.05, 4.69) is 10.3 Å². The Morgan fingerprint density at radius 3 is 2.90 bits per heavy atom. The predicted octanol–water partition coefficient (Wildman–Crippen LogP) is 4.33. The fourth-order valence-corrected chi connectivity index (χ4v) is 4.04. The smallest absolute Gasteiger partial charge is 0.224 e. The number of aromatic nitrogens is 1. The zero-order chi connectivity index (χ0) is 21.3. The van der Waals surface area contributed by atoms with E-state index in [-0.39, 0.29) is 11.8 Å². The second kappa shape index (κ2) is 11.0. The minimum atomic E-state index is -0.0451. The SMILES string of the molecule is COc1ccc(NC(=O)CC[C@@H]2CCCN(C(=O)CCc3cccnc3)C2)cc1Cl. The number of carbonyl (C=O) groups excluding carboxylic acids is 2. The zero-order valence-corrected chi connectivity index (χ0v) is 18.0. The largest absolute Gasteiger partial charge is 0.495 e. The van der Waals surface area contributed by atoms with Crippen molar-refractivity contribution in [2.75, 3.05) is 25.5 Å². The molecule has 1 aliphatic rings. The van der Waals surface area contributed by atoms with Crippen molar-refractivity contribution in [2.24, 2.45) is 5.92 Å². The van der Waals surface area contributed by atoms with Crippen LogP contribution in [0.1, 0.15) is 37.7 Å². The molecule has 1 saturated heterocycles. The van der Waals surface area contributed by atoms with Gasteiger partial charge in [0.1, 0.15) is 5.75 Å². The molecule has 2 aromatic rings. The number of halogens is 1. The molecular weight excluding hydrogens is 402 g/mol. The predicted molar refractivity (Wildman–Crippen MR) is 118 cm³/mol. The van der Waals surface area contributed by atoms with Gasteiger partial charge in [0.15, 0.2) is 0 Å². The number of amides is 2. The first kappa shape index (κ1) is 22.1. The Morgan fingerprint density at radius 1 is 1.30 bits per heavy atom. The molecule has 0 bridgehead atoms. The third kappa shape index (κ3) is 6.46. The van der Waals surface area contributed by atoms with Crippen LogP contribution in [0.25, 0.3) is 0 Å². The summed E-state index contributed by atoms with van der Waals surface area (Å²) in [6.45, 7) is 1.53. The molecule has 30 heavy (non-hydrogen) atoms. The van der Waals surface area contributed by atoms with E-state index in [1.807, 2.05) is 17.0 Å². The average Bonchev–Trinajstić information content (AvgIpc) is 2.77. The molecule has 2 amide bonds. The van der Waals surface area contributed by atoms with Crippen molar-refractivity contribution in [3.05, 3.63) is 53.3 Å². The van der Waals surface area contributed by atoms with Gasteiger partial charge in [-0.25, -0.2) is 0 Å². The first-order chi connectivity index (χ1) is 14.5. The van der Waals surface area contributed by atoms with Crippen LogP contribution < -0.4 is 10.1 Å². The van der Waals surface area contributed by atoms with Crippen molar-refractivity contribution in [3.63, 3.8) is 0 Å². The normalized spacial score (nSPS) is 16.2. The Labute approximate surface area is 182 Å². The number of pyridine rings is 1. The number of nitrogens with one attached hydrogen (secondary N) is 1. The summed E-state index contributed by atoms with van der Waals surface area (Å²) >= 11 is 6.11. The van der Waals surface area contributed by atoms with Gasteiger partial charge in [-0.1, -0.05) is 17.7 Å². The summed E-state index contributed by atoms with van der Waals surface area (Å²) in [5.41, 5.74) is 1.73. The summed E-state index contributed by atoms with van der Waals surface area (Å²) in [6.07, 6.45) is 7.97. The third-order valence-corrected chi connectivity index (χ3v) is 5.73. The number of methoxy groups -OCH3 is 1. The highest BCUT2D eigenvalue weighted by atomic mass is 35.5. The van der Waals surface area contributed by atoms with Gasteiger partial charge >= 0.3 is 0 Å². The van der Waals surface area contributed by atoms with Gasteiger partial charge in [-0.2, -0.15) is 0 Å². The van der Waals surface area contributed by atoms with Crippen molar-refractivity contribution >= 4 is 29.1 Å². The van der Waals surface area contributed by atoms with Crippen LogP contribution in [0.2, 0.25) is 5.02 Å². The molecule has 3 rings (SSSR count). The maximum atomic E-state index is 12.6. The topological polar surface area (TPSA) is 71.5 Å². The second-order valence-corrected chi connectivity index (χ2v) is 8.05. The van der Waals surface area contributed by atoms with E-state index < -0.39 is 0 Å². The van der Waals surface area contributed by atoms with E-state index in [4.69, 9.17) is 16.3 Å². The molecule has 1 aromatic carbocycles. The lowest BCUT2D eigenvalue weighted by Crippen LogP contribution is -2.40. The summed E-state index contributed by atoms with van der Waals surface area (Å²) in [7, 11) is 1.55. The number of hydrogen-bond acceptors (Lipinski definition) is 4. The molecule has 1 atom stereocenters. The van der Waals surface area contributed by atoms with Gasteiger partial charge in [-0.15, -0.1) is 0 Å². The van der Waals surface area contributed by atoms with Gasteiger partial charge in [0, 0.05) is 44.0 Å². The minimum Gasteiger partial charge on any atom is -0.495 e. The van der Waals surface area contributed by atoms with Gasteiger partial charge in [0.05, 0.1) is 12.1 Å². The second-order valence-electron chi connectivity index (χ2n) is 7.65. The quantitative estimate of drug-likeness (QED) is 0.677. The lowest BCUT2D eigenvalue weighted by atomic mass is 9.93. The molecule has 6 nitrogen and oxygen atoms in total. The van der Waals surface area contributed by atoms with Crippen LogP contribution >= 0.6 is 11.6 Å². The molecular formula is C23H28ClN3O3. The summed E-state index contributed by atoms with van der Waals surface area (Å²) in [5, 5.41) is 3.34. The number of ether oxygens (including phenoxy) is 1. The zero-order valence-electron chi connectivity index (χ0n) is 17.3. The highest BCUT2D eigenvalue weighted by molar-refractivity contribution is 6.32.